The fourth-order valence-electron chi connectivity index (χ4n) is 1.18. The van der Waals surface area contributed by atoms with Gasteiger partial charge in [-0.1, -0.05) is 16.7 Å². The molecule has 7 heteroatoms. The average molecular weight is 257 g/mol. The quantitative estimate of drug-likeness (QED) is 0.883. The third-order valence-corrected chi connectivity index (χ3v) is 2.24. The van der Waals surface area contributed by atoms with E-state index in [1.807, 2.05) is 0 Å². The van der Waals surface area contributed by atoms with Gasteiger partial charge in [-0.3, -0.25) is 0 Å². The number of aromatic nitrogens is 2. The molecule has 1 heterocycles. The van der Waals surface area contributed by atoms with Crippen molar-refractivity contribution in [1.29, 1.82) is 0 Å². The van der Waals surface area contributed by atoms with Gasteiger partial charge in [0.25, 0.3) is 0 Å². The normalized spacial score (nSPS) is 12.5. The van der Waals surface area contributed by atoms with Crippen molar-refractivity contribution < 1.29 is 8.81 Å². The van der Waals surface area contributed by atoms with Gasteiger partial charge in [0.2, 0.25) is 5.89 Å². The van der Waals surface area contributed by atoms with Crippen LogP contribution in [0.2, 0.25) is 5.02 Å². The number of nitrogens with two attached hydrogens (primary N) is 1. The molecular weight excluding hydrogens is 247 g/mol. The summed E-state index contributed by atoms with van der Waals surface area (Å²) >= 11 is 5.75. The topological polar surface area (TPSA) is 77.0 Å². The highest BCUT2D eigenvalue weighted by Crippen LogP contribution is 2.23. The van der Waals surface area contributed by atoms with Crippen LogP contribution in [0.4, 0.5) is 16.1 Å². The minimum absolute atomic E-state index is 0.0680. The number of anilines is 2. The number of nitrogens with zero attached hydrogens (tertiary/aromatic N) is 2. The van der Waals surface area contributed by atoms with Crippen LogP contribution >= 0.6 is 11.6 Å². The highest BCUT2D eigenvalue weighted by Gasteiger charge is 2.11. The lowest BCUT2D eigenvalue weighted by Crippen LogP contribution is -2.04. The lowest BCUT2D eigenvalue weighted by atomic mass is 10.3. The van der Waals surface area contributed by atoms with Gasteiger partial charge in [-0.25, -0.2) is 4.39 Å². The molecule has 0 saturated heterocycles. The van der Waals surface area contributed by atoms with E-state index >= 15 is 0 Å². The van der Waals surface area contributed by atoms with Gasteiger partial charge in [0.1, 0.15) is 5.82 Å². The predicted octanol–water partition coefficient (Wildman–Crippen LogP) is 2.63. The summed E-state index contributed by atoms with van der Waals surface area (Å²) in [5.41, 5.74) is 5.72. The van der Waals surface area contributed by atoms with Crippen LogP contribution in [0.3, 0.4) is 0 Å². The maximum Gasteiger partial charge on any atom is 0.320 e. The van der Waals surface area contributed by atoms with Crippen molar-refractivity contribution in [2.45, 2.75) is 13.0 Å². The molecule has 3 N–H and O–H groups in total. The van der Waals surface area contributed by atoms with Crippen LogP contribution in [0.1, 0.15) is 18.9 Å². The zero-order valence-electron chi connectivity index (χ0n) is 8.95. The summed E-state index contributed by atoms with van der Waals surface area (Å²) in [4.78, 5) is 0. The smallest absolute Gasteiger partial charge is 0.320 e. The van der Waals surface area contributed by atoms with Crippen molar-refractivity contribution >= 4 is 23.3 Å². The Bertz CT molecular complexity index is 529. The molecule has 1 aromatic heterocycles. The zero-order chi connectivity index (χ0) is 12.4. The molecule has 0 aliphatic heterocycles. The highest BCUT2D eigenvalue weighted by molar-refractivity contribution is 6.30. The van der Waals surface area contributed by atoms with Crippen molar-refractivity contribution in [2.24, 2.45) is 5.73 Å². The van der Waals surface area contributed by atoms with Crippen LogP contribution in [-0.4, -0.2) is 10.2 Å². The maximum atomic E-state index is 13.4. The molecule has 0 aliphatic rings. The summed E-state index contributed by atoms with van der Waals surface area (Å²) in [6, 6.07) is 3.81. The Morgan fingerprint density at radius 2 is 2.24 bits per heavy atom. The van der Waals surface area contributed by atoms with Gasteiger partial charge in [-0.05, 0) is 25.1 Å². The van der Waals surface area contributed by atoms with E-state index in [9.17, 15) is 4.39 Å². The van der Waals surface area contributed by atoms with Crippen LogP contribution in [-0.2, 0) is 0 Å². The molecular formula is C10H10ClFN4O. The fraction of sp³-hybridized carbons (Fsp3) is 0.200. The van der Waals surface area contributed by atoms with E-state index in [-0.39, 0.29) is 23.6 Å². The van der Waals surface area contributed by atoms with Gasteiger partial charge in [0.05, 0.1) is 11.7 Å². The third-order valence-electron chi connectivity index (χ3n) is 2.00. The molecule has 17 heavy (non-hydrogen) atoms. The van der Waals surface area contributed by atoms with Crippen molar-refractivity contribution in [2.75, 3.05) is 5.32 Å². The Morgan fingerprint density at radius 1 is 1.47 bits per heavy atom. The minimum atomic E-state index is -0.463. The molecule has 0 fully saturated rings. The number of hydrogen-bond acceptors (Lipinski definition) is 5. The molecule has 0 saturated carbocycles. The fourth-order valence-corrected chi connectivity index (χ4v) is 1.35. The Hall–Kier alpha value is -1.66. The van der Waals surface area contributed by atoms with Crippen LogP contribution in [0.25, 0.3) is 0 Å². The molecule has 90 valence electrons. The average Bonchev–Trinajstić information content (AvgIpc) is 2.72. The van der Waals surface area contributed by atoms with Gasteiger partial charge in [-0.15, -0.1) is 5.10 Å². The van der Waals surface area contributed by atoms with E-state index in [2.05, 4.69) is 15.5 Å². The number of halogens is 2. The maximum absolute atomic E-state index is 13.4. The SMILES string of the molecule is CC(N)c1nnc(Nc2cc(Cl)ccc2F)o1. The summed E-state index contributed by atoms with van der Waals surface area (Å²) in [5, 5.41) is 10.4. The number of hydrogen-bond donors (Lipinski definition) is 2. The van der Waals surface area contributed by atoms with Gasteiger partial charge < -0.3 is 15.5 Å². The lowest BCUT2D eigenvalue weighted by molar-refractivity contribution is 0.475. The number of rotatable bonds is 3. The molecule has 2 rings (SSSR count). The highest BCUT2D eigenvalue weighted by atomic mass is 35.5. The first kappa shape index (κ1) is 11.8. The summed E-state index contributed by atoms with van der Waals surface area (Å²) in [5.74, 6) is -0.190. The molecule has 0 amide bonds. The molecule has 0 radical (unpaired) electrons. The van der Waals surface area contributed by atoms with E-state index in [0.717, 1.165) is 0 Å². The lowest BCUT2D eigenvalue weighted by Gasteiger charge is -2.03. The first-order valence-electron chi connectivity index (χ1n) is 4.87. The summed E-state index contributed by atoms with van der Waals surface area (Å²) in [6.07, 6.45) is 0. The largest absolute Gasteiger partial charge is 0.406 e. The second kappa shape index (κ2) is 4.68. The number of benzene rings is 1. The summed E-state index contributed by atoms with van der Waals surface area (Å²) in [7, 11) is 0. The molecule has 5 nitrogen and oxygen atoms in total. The van der Waals surface area contributed by atoms with Crippen LogP contribution in [0.15, 0.2) is 22.6 Å². The molecule has 0 bridgehead atoms. The first-order chi connectivity index (χ1) is 8.06. The van der Waals surface area contributed by atoms with Gasteiger partial charge in [0, 0.05) is 5.02 Å². The van der Waals surface area contributed by atoms with Gasteiger partial charge in [-0.2, -0.15) is 0 Å². The molecule has 0 spiro atoms. The van der Waals surface area contributed by atoms with Crippen molar-refractivity contribution in [1.82, 2.24) is 10.2 Å². The summed E-state index contributed by atoms with van der Waals surface area (Å²) < 4.78 is 18.6. The molecule has 1 unspecified atom stereocenters. The van der Waals surface area contributed by atoms with Gasteiger partial charge >= 0.3 is 6.01 Å². The molecule has 0 aliphatic carbocycles. The third kappa shape index (κ3) is 2.72. The number of nitrogens with one attached hydrogen (secondary N) is 1. The zero-order valence-corrected chi connectivity index (χ0v) is 9.70. The Labute approximate surface area is 102 Å². The van der Waals surface area contributed by atoms with E-state index in [4.69, 9.17) is 21.8 Å². The Balaban J connectivity index is 2.22. The Kier molecular flexibility index (Phi) is 3.26. The second-order valence-corrected chi connectivity index (χ2v) is 3.92. The molecule has 1 atom stereocenters. The first-order valence-corrected chi connectivity index (χ1v) is 5.25. The monoisotopic (exact) mass is 256 g/mol. The second-order valence-electron chi connectivity index (χ2n) is 3.48. The Morgan fingerprint density at radius 3 is 2.88 bits per heavy atom. The van der Waals surface area contributed by atoms with Gasteiger partial charge in [0.15, 0.2) is 0 Å². The van der Waals surface area contributed by atoms with Crippen LogP contribution in [0.5, 0.6) is 0 Å². The van der Waals surface area contributed by atoms with Crippen LogP contribution < -0.4 is 11.1 Å². The van der Waals surface area contributed by atoms with Crippen molar-refractivity contribution in [3.63, 3.8) is 0 Å². The van der Waals surface area contributed by atoms with E-state index < -0.39 is 5.82 Å². The van der Waals surface area contributed by atoms with Crippen LogP contribution in [0, 0.1) is 5.82 Å². The predicted molar refractivity (Wildman–Crippen MR) is 61.6 cm³/mol. The van der Waals surface area contributed by atoms with E-state index in [1.54, 1.807) is 6.92 Å². The molecule has 2 aromatic rings. The van der Waals surface area contributed by atoms with Crippen molar-refractivity contribution in [3.8, 4) is 0 Å². The summed E-state index contributed by atoms with van der Waals surface area (Å²) in [6.45, 7) is 1.71. The minimum Gasteiger partial charge on any atom is -0.406 e. The van der Waals surface area contributed by atoms with E-state index in [1.165, 1.54) is 18.2 Å². The molecule has 1 aromatic carbocycles. The van der Waals surface area contributed by atoms with Crippen molar-refractivity contribution in [3.05, 3.63) is 34.9 Å². The van der Waals surface area contributed by atoms with E-state index in [0.29, 0.717) is 5.02 Å². The standard InChI is InChI=1S/C10H10ClFN4O/c1-5(13)9-15-16-10(17-9)14-8-4-6(11)2-3-7(8)12/h2-5H,13H2,1H3,(H,14,16).